The Labute approximate surface area is 138 Å². The van der Waals surface area contributed by atoms with Crippen LogP contribution in [0.2, 0.25) is 0 Å². The normalized spacial score (nSPS) is 24.1. The van der Waals surface area contributed by atoms with Crippen molar-refractivity contribution in [1.29, 1.82) is 0 Å². The minimum Gasteiger partial charge on any atom is -0.445 e. The molecule has 2 aliphatic rings. The van der Waals surface area contributed by atoms with E-state index < -0.39 is 0 Å². The molecule has 3 rings (SSSR count). The first-order valence-electron chi connectivity index (χ1n) is 8.23. The largest absolute Gasteiger partial charge is 0.445 e. The van der Waals surface area contributed by atoms with Crippen LogP contribution in [0.3, 0.4) is 0 Å². The molecule has 2 heterocycles. The summed E-state index contributed by atoms with van der Waals surface area (Å²) in [6.45, 7) is 8.11. The van der Waals surface area contributed by atoms with Crippen molar-refractivity contribution in [2.75, 3.05) is 13.2 Å². The third-order valence-electron chi connectivity index (χ3n) is 4.58. The number of morpholine rings is 1. The maximum absolute atomic E-state index is 12.6. The number of rotatable bonds is 2. The third kappa shape index (κ3) is 3.58. The van der Waals surface area contributed by atoms with Crippen molar-refractivity contribution in [3.05, 3.63) is 47.5 Å². The Bertz CT molecular complexity index is 588. The molecular formula is C19H25NO3. The van der Waals surface area contributed by atoms with E-state index in [0.29, 0.717) is 19.8 Å². The number of carbonyl (C=O) groups is 1. The molecule has 0 N–H and O–H groups in total. The second-order valence-electron chi connectivity index (χ2n) is 7.35. The molecule has 0 aromatic heterocycles. The van der Waals surface area contributed by atoms with Gasteiger partial charge in [0.05, 0.1) is 25.3 Å². The lowest BCUT2D eigenvalue weighted by Gasteiger charge is -2.45. The smallest absolute Gasteiger partial charge is 0.411 e. The lowest BCUT2D eigenvalue weighted by Crippen LogP contribution is -2.57. The quantitative estimate of drug-likeness (QED) is 0.780. The molecule has 0 radical (unpaired) electrons. The summed E-state index contributed by atoms with van der Waals surface area (Å²) in [5.41, 5.74) is 2.54. The Hall–Kier alpha value is -1.81. The van der Waals surface area contributed by atoms with Gasteiger partial charge in [-0.15, -0.1) is 0 Å². The number of fused-ring (bicyclic) bond motifs is 2. The van der Waals surface area contributed by atoms with E-state index in [4.69, 9.17) is 9.47 Å². The summed E-state index contributed by atoms with van der Waals surface area (Å²) in [5, 5.41) is 0. The molecule has 4 heteroatoms. The van der Waals surface area contributed by atoms with Gasteiger partial charge in [0, 0.05) is 0 Å². The number of hydrogen-bond donors (Lipinski definition) is 0. The fourth-order valence-electron chi connectivity index (χ4n) is 3.23. The third-order valence-corrected chi connectivity index (χ3v) is 4.58. The van der Waals surface area contributed by atoms with Gasteiger partial charge in [0.25, 0.3) is 0 Å². The van der Waals surface area contributed by atoms with Crippen LogP contribution in [0.25, 0.3) is 0 Å². The molecule has 0 saturated carbocycles. The van der Waals surface area contributed by atoms with E-state index in [2.05, 4.69) is 26.8 Å². The second-order valence-corrected chi connectivity index (χ2v) is 7.35. The molecule has 23 heavy (non-hydrogen) atoms. The van der Waals surface area contributed by atoms with Crippen LogP contribution in [0, 0.1) is 5.41 Å². The first kappa shape index (κ1) is 16.1. The minimum absolute atomic E-state index is 0.0139. The average molecular weight is 315 g/mol. The SMILES string of the molecule is CC(C)(C)C1=CC2COCC(C1)N2C(=O)OCc1ccccc1. The molecule has 2 atom stereocenters. The lowest BCUT2D eigenvalue weighted by atomic mass is 9.79. The van der Waals surface area contributed by atoms with E-state index in [0.717, 1.165) is 12.0 Å². The summed E-state index contributed by atoms with van der Waals surface area (Å²) in [5.74, 6) is 0. The van der Waals surface area contributed by atoms with Crippen LogP contribution in [0.15, 0.2) is 42.0 Å². The molecule has 124 valence electrons. The van der Waals surface area contributed by atoms with Gasteiger partial charge in [0.15, 0.2) is 0 Å². The van der Waals surface area contributed by atoms with Crippen molar-refractivity contribution in [3.8, 4) is 0 Å². The van der Waals surface area contributed by atoms with Crippen molar-refractivity contribution in [3.63, 3.8) is 0 Å². The van der Waals surface area contributed by atoms with Crippen LogP contribution in [0.5, 0.6) is 0 Å². The molecule has 0 aliphatic carbocycles. The van der Waals surface area contributed by atoms with Gasteiger partial charge in [-0.2, -0.15) is 0 Å². The van der Waals surface area contributed by atoms with E-state index in [1.54, 1.807) is 0 Å². The predicted octanol–water partition coefficient (Wildman–Crippen LogP) is 3.77. The maximum atomic E-state index is 12.6. The molecular weight excluding hydrogens is 290 g/mol. The van der Waals surface area contributed by atoms with Gasteiger partial charge >= 0.3 is 6.09 Å². The molecule has 1 amide bonds. The second kappa shape index (κ2) is 6.36. The zero-order valence-electron chi connectivity index (χ0n) is 14.1. The van der Waals surface area contributed by atoms with Gasteiger partial charge in [0.2, 0.25) is 0 Å². The monoisotopic (exact) mass is 315 g/mol. The topological polar surface area (TPSA) is 38.8 Å². The fraction of sp³-hybridized carbons (Fsp3) is 0.526. The summed E-state index contributed by atoms with van der Waals surface area (Å²) < 4.78 is 11.2. The first-order valence-corrected chi connectivity index (χ1v) is 8.23. The van der Waals surface area contributed by atoms with Crippen LogP contribution in [0.4, 0.5) is 4.79 Å². The van der Waals surface area contributed by atoms with Crippen LogP contribution in [-0.2, 0) is 16.1 Å². The highest BCUT2D eigenvalue weighted by atomic mass is 16.6. The van der Waals surface area contributed by atoms with Gasteiger partial charge in [-0.1, -0.05) is 62.8 Å². The van der Waals surface area contributed by atoms with E-state index in [9.17, 15) is 4.79 Å². The van der Waals surface area contributed by atoms with Crippen LogP contribution in [-0.4, -0.2) is 36.3 Å². The fourth-order valence-corrected chi connectivity index (χ4v) is 3.23. The van der Waals surface area contributed by atoms with Crippen molar-refractivity contribution >= 4 is 6.09 Å². The van der Waals surface area contributed by atoms with Crippen LogP contribution in [0.1, 0.15) is 32.8 Å². The average Bonchev–Trinajstić information content (AvgIpc) is 2.51. The van der Waals surface area contributed by atoms with Gasteiger partial charge in [-0.3, -0.25) is 4.90 Å². The molecule has 0 spiro atoms. The van der Waals surface area contributed by atoms with Gasteiger partial charge < -0.3 is 9.47 Å². The zero-order chi connectivity index (χ0) is 16.4. The summed E-state index contributed by atoms with van der Waals surface area (Å²) in [7, 11) is 0. The maximum Gasteiger partial charge on any atom is 0.411 e. The highest BCUT2D eigenvalue weighted by Crippen LogP contribution is 2.36. The number of benzene rings is 1. The van der Waals surface area contributed by atoms with E-state index >= 15 is 0 Å². The highest BCUT2D eigenvalue weighted by Gasteiger charge is 2.40. The van der Waals surface area contributed by atoms with Crippen molar-refractivity contribution < 1.29 is 14.3 Å². The van der Waals surface area contributed by atoms with E-state index in [1.165, 1.54) is 5.57 Å². The molecule has 2 unspecified atom stereocenters. The van der Waals surface area contributed by atoms with E-state index in [1.807, 2.05) is 35.2 Å². The summed E-state index contributed by atoms with van der Waals surface area (Å²) in [6.07, 6.45) is 2.82. The zero-order valence-corrected chi connectivity index (χ0v) is 14.1. The van der Waals surface area contributed by atoms with Gasteiger partial charge in [-0.25, -0.2) is 4.79 Å². The standard InChI is InChI=1S/C19H25NO3/c1-19(2,3)15-9-16-12-22-13-17(10-15)20(16)18(21)23-11-14-7-5-4-6-8-14/h4-9,16-17H,10-13H2,1-3H3. The van der Waals surface area contributed by atoms with Gasteiger partial charge in [0.1, 0.15) is 6.61 Å². The highest BCUT2D eigenvalue weighted by molar-refractivity contribution is 5.69. The van der Waals surface area contributed by atoms with Crippen molar-refractivity contribution in [2.24, 2.45) is 5.41 Å². The van der Waals surface area contributed by atoms with E-state index in [-0.39, 0.29) is 23.6 Å². The Morgan fingerprint density at radius 2 is 2.00 bits per heavy atom. The first-order chi connectivity index (χ1) is 10.9. The summed E-state index contributed by atoms with van der Waals surface area (Å²) in [6, 6.07) is 9.85. The number of ether oxygens (including phenoxy) is 2. The Kier molecular flexibility index (Phi) is 4.44. The number of nitrogens with zero attached hydrogens (tertiary/aromatic N) is 1. The Morgan fingerprint density at radius 1 is 1.26 bits per heavy atom. The molecule has 1 aromatic carbocycles. The number of hydrogen-bond acceptors (Lipinski definition) is 3. The molecule has 2 bridgehead atoms. The molecule has 2 aliphatic heterocycles. The summed E-state index contributed by atoms with van der Waals surface area (Å²) in [4.78, 5) is 14.4. The molecule has 4 nitrogen and oxygen atoms in total. The van der Waals surface area contributed by atoms with Gasteiger partial charge in [-0.05, 0) is 17.4 Å². The minimum atomic E-state index is -0.239. The lowest BCUT2D eigenvalue weighted by molar-refractivity contribution is -0.0391. The summed E-state index contributed by atoms with van der Waals surface area (Å²) >= 11 is 0. The Morgan fingerprint density at radius 3 is 2.65 bits per heavy atom. The number of amides is 1. The van der Waals surface area contributed by atoms with Crippen LogP contribution < -0.4 is 0 Å². The molecule has 1 aromatic rings. The number of carbonyl (C=O) groups excluding carboxylic acids is 1. The van der Waals surface area contributed by atoms with Crippen molar-refractivity contribution in [1.82, 2.24) is 4.90 Å². The Balaban J connectivity index is 1.70. The molecule has 1 fully saturated rings. The van der Waals surface area contributed by atoms with Crippen LogP contribution >= 0.6 is 0 Å². The molecule has 1 saturated heterocycles. The predicted molar refractivity (Wildman–Crippen MR) is 89.0 cm³/mol. The van der Waals surface area contributed by atoms with Crippen molar-refractivity contribution in [2.45, 2.75) is 45.9 Å².